The number of fused-ring (bicyclic) bond motifs is 2. The van der Waals surface area contributed by atoms with Gasteiger partial charge in [0, 0.05) is 49.9 Å². The first kappa shape index (κ1) is 22.9. The Hall–Kier alpha value is -3.90. The molecule has 1 saturated heterocycles. The Labute approximate surface area is 204 Å². The van der Waals surface area contributed by atoms with Gasteiger partial charge in [-0.1, -0.05) is 6.07 Å². The molecule has 0 unspecified atom stereocenters. The summed E-state index contributed by atoms with van der Waals surface area (Å²) >= 11 is 0. The molecule has 1 aromatic heterocycles. The summed E-state index contributed by atoms with van der Waals surface area (Å²) in [4.78, 5) is 16.4. The van der Waals surface area contributed by atoms with Gasteiger partial charge in [-0.2, -0.15) is 5.26 Å². The summed E-state index contributed by atoms with van der Waals surface area (Å²) in [6, 6.07) is 15.2. The Morgan fingerprint density at radius 2 is 1.74 bits per heavy atom. The lowest BCUT2D eigenvalue weighted by Gasteiger charge is -2.36. The van der Waals surface area contributed by atoms with E-state index < -0.39 is 6.03 Å². The molecule has 35 heavy (non-hydrogen) atoms. The number of piperazine rings is 1. The van der Waals surface area contributed by atoms with Crippen LogP contribution in [0, 0.1) is 11.3 Å². The van der Waals surface area contributed by atoms with Crippen LogP contribution in [0.1, 0.15) is 18.4 Å². The number of nitrogens with one attached hydrogen (secondary N) is 1. The van der Waals surface area contributed by atoms with Crippen LogP contribution in [0.25, 0.3) is 10.9 Å². The topological polar surface area (TPSA) is 109 Å². The number of aryl methyl sites for hydroxylation is 1. The lowest BCUT2D eigenvalue weighted by Crippen LogP contribution is -2.46. The van der Waals surface area contributed by atoms with Gasteiger partial charge in [-0.3, -0.25) is 10.2 Å². The molecule has 0 radical (unpaired) electrons. The van der Waals surface area contributed by atoms with Crippen LogP contribution in [0.3, 0.4) is 0 Å². The largest absolute Gasteiger partial charge is 0.486 e. The lowest BCUT2D eigenvalue weighted by atomic mass is 10.2. The van der Waals surface area contributed by atoms with Gasteiger partial charge in [0.2, 0.25) is 0 Å². The minimum atomic E-state index is -0.592. The first-order valence-corrected chi connectivity index (χ1v) is 12.1. The van der Waals surface area contributed by atoms with E-state index in [2.05, 4.69) is 33.3 Å². The van der Waals surface area contributed by atoms with Crippen molar-refractivity contribution in [1.82, 2.24) is 9.47 Å². The second-order valence-electron chi connectivity index (χ2n) is 8.92. The zero-order valence-electron chi connectivity index (χ0n) is 19.7. The molecule has 9 heteroatoms. The van der Waals surface area contributed by atoms with E-state index in [0.29, 0.717) is 24.6 Å². The molecule has 2 aromatic carbocycles. The van der Waals surface area contributed by atoms with E-state index in [1.54, 1.807) is 6.07 Å². The van der Waals surface area contributed by atoms with Gasteiger partial charge in [0.1, 0.15) is 19.0 Å². The van der Waals surface area contributed by atoms with Crippen LogP contribution in [0.15, 0.2) is 42.5 Å². The first-order valence-electron chi connectivity index (χ1n) is 12.1. The summed E-state index contributed by atoms with van der Waals surface area (Å²) in [5, 5.41) is 13.0. The van der Waals surface area contributed by atoms with Crippen LogP contribution < -0.4 is 25.4 Å². The third kappa shape index (κ3) is 5.12. The average molecular weight is 475 g/mol. The number of rotatable bonds is 7. The van der Waals surface area contributed by atoms with Gasteiger partial charge in [-0.05, 0) is 49.7 Å². The standard InChI is InChI=1S/C26H30N6O3/c27-18-19-3-4-20-16-25(29-26(28)33)32(22(20)15-19)8-2-1-7-30-9-11-31(12-10-30)21-5-6-23-24(17-21)35-14-13-34-23/h3-6,15-17H,1-2,7-14H2,(H3,28,29,33). The number of ether oxygens (including phenoxy) is 2. The van der Waals surface area contributed by atoms with Crippen molar-refractivity contribution in [1.29, 1.82) is 5.26 Å². The molecule has 0 spiro atoms. The number of amides is 2. The number of nitriles is 1. The van der Waals surface area contributed by atoms with E-state index in [-0.39, 0.29) is 0 Å². The monoisotopic (exact) mass is 474 g/mol. The highest BCUT2D eigenvalue weighted by atomic mass is 16.6. The minimum Gasteiger partial charge on any atom is -0.486 e. The molecule has 0 aliphatic carbocycles. The number of carbonyl (C=O) groups excluding carboxylic acids is 1. The molecule has 0 bridgehead atoms. The van der Waals surface area contributed by atoms with Crippen molar-refractivity contribution in [2.24, 2.45) is 5.73 Å². The molecule has 5 rings (SSSR count). The van der Waals surface area contributed by atoms with Crippen molar-refractivity contribution < 1.29 is 14.3 Å². The number of nitrogens with two attached hydrogens (primary N) is 1. The average Bonchev–Trinajstić information content (AvgIpc) is 3.22. The number of nitrogens with zero attached hydrogens (tertiary/aromatic N) is 4. The highest BCUT2D eigenvalue weighted by Gasteiger charge is 2.20. The number of carbonyl (C=O) groups is 1. The third-order valence-electron chi connectivity index (χ3n) is 6.65. The molecule has 3 aromatic rings. The van der Waals surface area contributed by atoms with E-state index in [1.165, 1.54) is 5.69 Å². The van der Waals surface area contributed by atoms with Crippen LogP contribution in [0.2, 0.25) is 0 Å². The molecule has 3 heterocycles. The van der Waals surface area contributed by atoms with E-state index >= 15 is 0 Å². The second kappa shape index (κ2) is 10.2. The number of unbranched alkanes of at least 4 members (excludes halogenated alkanes) is 1. The Morgan fingerprint density at radius 3 is 2.51 bits per heavy atom. The van der Waals surface area contributed by atoms with Crippen molar-refractivity contribution in [3.05, 3.63) is 48.0 Å². The summed E-state index contributed by atoms with van der Waals surface area (Å²) in [6.45, 7) is 6.96. The fraction of sp³-hybridized carbons (Fsp3) is 0.385. The van der Waals surface area contributed by atoms with Crippen LogP contribution >= 0.6 is 0 Å². The molecule has 1 fully saturated rings. The minimum absolute atomic E-state index is 0.592. The van der Waals surface area contributed by atoms with Crippen molar-refractivity contribution in [3.8, 4) is 17.6 Å². The first-order chi connectivity index (χ1) is 17.1. The van der Waals surface area contributed by atoms with Crippen molar-refractivity contribution in [2.45, 2.75) is 19.4 Å². The fourth-order valence-electron chi connectivity index (χ4n) is 4.86. The zero-order valence-corrected chi connectivity index (χ0v) is 19.7. The predicted molar refractivity (Wildman–Crippen MR) is 135 cm³/mol. The summed E-state index contributed by atoms with van der Waals surface area (Å²) < 4.78 is 13.4. The van der Waals surface area contributed by atoms with Gasteiger partial charge in [0.25, 0.3) is 0 Å². The maximum absolute atomic E-state index is 11.5. The second-order valence-corrected chi connectivity index (χ2v) is 8.92. The Morgan fingerprint density at radius 1 is 0.971 bits per heavy atom. The van der Waals surface area contributed by atoms with Gasteiger partial charge in [-0.15, -0.1) is 0 Å². The number of aromatic nitrogens is 1. The van der Waals surface area contributed by atoms with Crippen molar-refractivity contribution >= 4 is 28.4 Å². The summed E-state index contributed by atoms with van der Waals surface area (Å²) in [5.41, 5.74) is 8.08. The number of hydrogen-bond acceptors (Lipinski definition) is 6. The Kier molecular flexibility index (Phi) is 6.64. The van der Waals surface area contributed by atoms with Crippen LogP contribution in [0.4, 0.5) is 16.3 Å². The number of primary amides is 1. The quantitative estimate of drug-likeness (QED) is 0.508. The molecular formula is C26H30N6O3. The number of urea groups is 1. The maximum atomic E-state index is 11.5. The molecule has 3 N–H and O–H groups in total. The number of benzene rings is 2. The lowest BCUT2D eigenvalue weighted by molar-refractivity contribution is 0.171. The van der Waals surface area contributed by atoms with Crippen LogP contribution in [-0.2, 0) is 6.54 Å². The summed E-state index contributed by atoms with van der Waals surface area (Å²) in [6.07, 6.45) is 1.99. The fourth-order valence-corrected chi connectivity index (χ4v) is 4.86. The van der Waals surface area contributed by atoms with Crippen LogP contribution in [0.5, 0.6) is 11.5 Å². The van der Waals surface area contributed by atoms with E-state index in [4.69, 9.17) is 15.2 Å². The van der Waals surface area contributed by atoms with Crippen molar-refractivity contribution in [2.75, 3.05) is 56.2 Å². The van der Waals surface area contributed by atoms with Gasteiger partial charge >= 0.3 is 6.03 Å². The molecule has 0 atom stereocenters. The Balaban J connectivity index is 1.14. The van der Waals surface area contributed by atoms with Crippen molar-refractivity contribution in [3.63, 3.8) is 0 Å². The molecule has 2 aliphatic heterocycles. The van der Waals surface area contributed by atoms with E-state index in [1.807, 2.05) is 28.8 Å². The Bertz CT molecular complexity index is 1260. The smallest absolute Gasteiger partial charge is 0.317 e. The molecular weight excluding hydrogens is 444 g/mol. The van der Waals surface area contributed by atoms with Gasteiger partial charge in [0.05, 0.1) is 17.1 Å². The molecule has 0 saturated carbocycles. The number of anilines is 2. The molecule has 9 nitrogen and oxygen atoms in total. The molecule has 182 valence electrons. The summed E-state index contributed by atoms with van der Waals surface area (Å²) in [5.74, 6) is 2.32. The maximum Gasteiger partial charge on any atom is 0.317 e. The highest BCUT2D eigenvalue weighted by Crippen LogP contribution is 2.34. The van der Waals surface area contributed by atoms with E-state index in [9.17, 15) is 10.1 Å². The van der Waals surface area contributed by atoms with E-state index in [0.717, 1.165) is 74.5 Å². The number of hydrogen-bond donors (Lipinski definition) is 2. The third-order valence-corrected chi connectivity index (χ3v) is 6.65. The zero-order chi connectivity index (χ0) is 24.2. The highest BCUT2D eigenvalue weighted by molar-refractivity contribution is 5.93. The molecule has 2 amide bonds. The van der Waals surface area contributed by atoms with Gasteiger partial charge in [0.15, 0.2) is 11.5 Å². The predicted octanol–water partition coefficient (Wildman–Crippen LogP) is 3.38. The molecule has 2 aliphatic rings. The van der Waals surface area contributed by atoms with Gasteiger partial charge in [-0.25, -0.2) is 4.79 Å². The van der Waals surface area contributed by atoms with Crippen LogP contribution in [-0.4, -0.2) is 61.4 Å². The SMILES string of the molecule is N#Cc1ccc2cc(NC(N)=O)n(CCCCN3CCN(c4ccc5c(c4)OCCO5)CC3)c2c1. The summed E-state index contributed by atoms with van der Waals surface area (Å²) in [7, 11) is 0. The normalized spacial score (nSPS) is 15.7. The van der Waals surface area contributed by atoms with Gasteiger partial charge < -0.3 is 24.7 Å².